The van der Waals surface area contributed by atoms with E-state index in [2.05, 4.69) is 34.0 Å². The van der Waals surface area contributed by atoms with E-state index in [4.69, 9.17) is 0 Å². The zero-order chi connectivity index (χ0) is 20.4. The van der Waals surface area contributed by atoms with Gasteiger partial charge in [0, 0.05) is 41.0 Å². The van der Waals surface area contributed by atoms with Crippen LogP contribution in [0.1, 0.15) is 48.6 Å². The first-order chi connectivity index (χ1) is 13.3. The monoisotopic (exact) mass is 396 g/mol. The summed E-state index contributed by atoms with van der Waals surface area (Å²) in [6.45, 7) is 9.65. The van der Waals surface area contributed by atoms with E-state index in [-0.39, 0.29) is 11.8 Å². The number of anilines is 2. The molecule has 0 atom stereocenters. The van der Waals surface area contributed by atoms with Gasteiger partial charge in [-0.1, -0.05) is 12.1 Å². The van der Waals surface area contributed by atoms with Gasteiger partial charge in [-0.05, 0) is 45.9 Å². The Balaban J connectivity index is 1.75. The van der Waals surface area contributed by atoms with Gasteiger partial charge in [0.15, 0.2) is 5.13 Å². The minimum Gasteiger partial charge on any atom is -0.346 e. The number of thiazole rings is 1. The first kappa shape index (κ1) is 19.8. The molecule has 2 amide bonds. The fraction of sp³-hybridized carbons (Fsp3) is 0.286. The van der Waals surface area contributed by atoms with E-state index in [0.29, 0.717) is 16.7 Å². The van der Waals surface area contributed by atoms with Gasteiger partial charge in [-0.25, -0.2) is 4.98 Å². The number of aryl methyl sites for hydroxylation is 1. The Hall–Kier alpha value is -2.93. The topological polar surface area (TPSA) is 76.0 Å². The molecule has 0 aliphatic heterocycles. The largest absolute Gasteiger partial charge is 0.346 e. The third-order valence-electron chi connectivity index (χ3n) is 4.47. The molecule has 2 heterocycles. The minimum atomic E-state index is -0.151. The Labute approximate surface area is 168 Å². The Kier molecular flexibility index (Phi) is 5.65. The summed E-state index contributed by atoms with van der Waals surface area (Å²) in [5.41, 5.74) is 5.13. The molecule has 7 heteroatoms. The van der Waals surface area contributed by atoms with E-state index in [9.17, 15) is 9.59 Å². The smallest absolute Gasteiger partial charge is 0.259 e. The van der Waals surface area contributed by atoms with Gasteiger partial charge in [-0.15, -0.1) is 11.3 Å². The number of aromatic nitrogens is 2. The molecule has 1 aromatic carbocycles. The summed E-state index contributed by atoms with van der Waals surface area (Å²) in [6, 6.07) is 9.66. The van der Waals surface area contributed by atoms with Crippen molar-refractivity contribution >= 4 is 34.0 Å². The second-order valence-electron chi connectivity index (χ2n) is 7.00. The quantitative estimate of drug-likeness (QED) is 0.636. The molecule has 146 valence electrons. The molecular formula is C21H24N4O2S. The molecule has 0 saturated heterocycles. The summed E-state index contributed by atoms with van der Waals surface area (Å²) in [6.07, 6.45) is 0. The van der Waals surface area contributed by atoms with Crippen LogP contribution in [0, 0.1) is 13.8 Å². The van der Waals surface area contributed by atoms with Crippen molar-refractivity contribution in [3.8, 4) is 11.3 Å². The normalized spacial score (nSPS) is 10.9. The zero-order valence-corrected chi connectivity index (χ0v) is 17.5. The van der Waals surface area contributed by atoms with Gasteiger partial charge in [-0.2, -0.15) is 0 Å². The predicted molar refractivity (Wildman–Crippen MR) is 114 cm³/mol. The molecule has 0 radical (unpaired) electrons. The average Bonchev–Trinajstić information content (AvgIpc) is 3.19. The average molecular weight is 397 g/mol. The van der Waals surface area contributed by atoms with E-state index < -0.39 is 0 Å². The Bertz CT molecular complexity index is 1020. The molecule has 3 aromatic rings. The summed E-state index contributed by atoms with van der Waals surface area (Å²) in [5, 5.41) is 8.10. The third-order valence-corrected chi connectivity index (χ3v) is 5.23. The Morgan fingerprint density at radius 3 is 2.36 bits per heavy atom. The summed E-state index contributed by atoms with van der Waals surface area (Å²) in [5.74, 6) is -0.259. The van der Waals surface area contributed by atoms with Gasteiger partial charge < -0.3 is 9.88 Å². The Morgan fingerprint density at radius 1 is 1.11 bits per heavy atom. The summed E-state index contributed by atoms with van der Waals surface area (Å²) < 4.78 is 2.15. The number of nitrogens with one attached hydrogen (secondary N) is 2. The highest BCUT2D eigenvalue weighted by atomic mass is 32.1. The molecular weight excluding hydrogens is 372 g/mol. The van der Waals surface area contributed by atoms with Crippen LogP contribution < -0.4 is 10.6 Å². The van der Waals surface area contributed by atoms with Gasteiger partial charge in [0.25, 0.3) is 5.91 Å². The van der Waals surface area contributed by atoms with Crippen molar-refractivity contribution in [1.82, 2.24) is 9.55 Å². The SMILES string of the molecule is CC(=O)Nc1ccc(-c2csc(NC(=O)c3cc(C)n(C(C)C)c3C)n2)cc1. The highest BCUT2D eigenvalue weighted by molar-refractivity contribution is 7.14. The molecule has 0 unspecified atom stereocenters. The van der Waals surface area contributed by atoms with Gasteiger partial charge in [-0.3, -0.25) is 14.9 Å². The van der Waals surface area contributed by atoms with Gasteiger partial charge in [0.1, 0.15) is 0 Å². The van der Waals surface area contributed by atoms with Crippen molar-refractivity contribution in [2.45, 2.75) is 40.7 Å². The predicted octanol–water partition coefficient (Wildman–Crippen LogP) is 5.02. The number of nitrogens with zero attached hydrogens (tertiary/aromatic N) is 2. The van der Waals surface area contributed by atoms with Crippen molar-refractivity contribution < 1.29 is 9.59 Å². The number of carbonyl (C=O) groups excluding carboxylic acids is 2. The molecule has 0 fully saturated rings. The van der Waals surface area contributed by atoms with E-state index in [1.165, 1.54) is 18.3 Å². The molecule has 0 aliphatic rings. The highest BCUT2D eigenvalue weighted by Gasteiger charge is 2.18. The van der Waals surface area contributed by atoms with Crippen molar-refractivity contribution in [1.29, 1.82) is 0 Å². The number of hydrogen-bond acceptors (Lipinski definition) is 4. The second kappa shape index (κ2) is 7.98. The number of hydrogen-bond donors (Lipinski definition) is 2. The summed E-state index contributed by atoms with van der Waals surface area (Å²) in [4.78, 5) is 28.4. The molecule has 0 aliphatic carbocycles. The fourth-order valence-corrected chi connectivity index (χ4v) is 4.07. The summed E-state index contributed by atoms with van der Waals surface area (Å²) >= 11 is 1.39. The van der Waals surface area contributed by atoms with Crippen LogP contribution in [0.25, 0.3) is 11.3 Å². The first-order valence-corrected chi connectivity index (χ1v) is 9.97. The molecule has 0 saturated carbocycles. The maximum Gasteiger partial charge on any atom is 0.259 e. The van der Waals surface area contributed by atoms with Crippen LogP contribution in [0.3, 0.4) is 0 Å². The second-order valence-corrected chi connectivity index (χ2v) is 7.86. The lowest BCUT2D eigenvalue weighted by Crippen LogP contribution is -2.13. The molecule has 2 N–H and O–H groups in total. The Morgan fingerprint density at radius 2 is 1.79 bits per heavy atom. The van der Waals surface area contributed by atoms with Gasteiger partial charge >= 0.3 is 0 Å². The standard InChI is InChI=1S/C21H24N4O2S/c1-12(2)25-13(3)10-18(14(25)4)20(27)24-21-23-19(11-28-21)16-6-8-17(9-7-16)22-15(5)26/h6-12H,1-5H3,(H,22,26)(H,23,24,27). The van der Waals surface area contributed by atoms with Crippen LogP contribution in [0.5, 0.6) is 0 Å². The number of benzene rings is 1. The number of amides is 2. The van der Waals surface area contributed by atoms with Crippen LogP contribution in [0.2, 0.25) is 0 Å². The van der Waals surface area contributed by atoms with E-state index in [1.807, 2.05) is 49.6 Å². The molecule has 0 bridgehead atoms. The lowest BCUT2D eigenvalue weighted by Gasteiger charge is -2.13. The van der Waals surface area contributed by atoms with Crippen molar-refractivity contribution in [2.75, 3.05) is 10.6 Å². The first-order valence-electron chi connectivity index (χ1n) is 9.09. The molecule has 6 nitrogen and oxygen atoms in total. The maximum atomic E-state index is 12.7. The molecule has 28 heavy (non-hydrogen) atoms. The number of rotatable bonds is 5. The minimum absolute atomic E-state index is 0.108. The van der Waals surface area contributed by atoms with Gasteiger partial charge in [0.05, 0.1) is 11.3 Å². The van der Waals surface area contributed by atoms with Crippen molar-refractivity contribution in [2.24, 2.45) is 0 Å². The van der Waals surface area contributed by atoms with Crippen LogP contribution in [0.15, 0.2) is 35.7 Å². The van der Waals surface area contributed by atoms with Crippen LogP contribution >= 0.6 is 11.3 Å². The highest BCUT2D eigenvalue weighted by Crippen LogP contribution is 2.27. The third kappa shape index (κ3) is 4.14. The van der Waals surface area contributed by atoms with Crippen molar-refractivity contribution in [3.05, 3.63) is 52.7 Å². The molecule has 2 aromatic heterocycles. The number of carbonyl (C=O) groups is 2. The lowest BCUT2D eigenvalue weighted by molar-refractivity contribution is -0.114. The maximum absolute atomic E-state index is 12.7. The zero-order valence-electron chi connectivity index (χ0n) is 16.7. The van der Waals surface area contributed by atoms with E-state index in [0.717, 1.165) is 28.3 Å². The summed E-state index contributed by atoms with van der Waals surface area (Å²) in [7, 11) is 0. The molecule has 3 rings (SSSR count). The fourth-order valence-electron chi connectivity index (χ4n) is 3.36. The van der Waals surface area contributed by atoms with E-state index in [1.54, 1.807) is 0 Å². The van der Waals surface area contributed by atoms with Crippen LogP contribution in [-0.2, 0) is 4.79 Å². The lowest BCUT2D eigenvalue weighted by atomic mass is 10.1. The van der Waals surface area contributed by atoms with Crippen LogP contribution in [0.4, 0.5) is 10.8 Å². The van der Waals surface area contributed by atoms with E-state index >= 15 is 0 Å². The molecule has 0 spiro atoms. The van der Waals surface area contributed by atoms with Crippen molar-refractivity contribution in [3.63, 3.8) is 0 Å². The van der Waals surface area contributed by atoms with Crippen LogP contribution in [-0.4, -0.2) is 21.4 Å². The van der Waals surface area contributed by atoms with Gasteiger partial charge in [0.2, 0.25) is 5.91 Å².